The molecule has 1 N–H and O–H groups in total. The minimum Gasteiger partial charge on any atom is -0.481 e. The number of aromatic nitrogens is 2. The second-order valence-electron chi connectivity index (χ2n) is 3.70. The number of carboxylic acid groups (broad SMARTS) is 1. The number of hydrogen-bond acceptors (Lipinski definition) is 2. The second-order valence-corrected chi connectivity index (χ2v) is 3.70. The summed E-state index contributed by atoms with van der Waals surface area (Å²) in [6, 6.07) is 0. The van der Waals surface area contributed by atoms with E-state index in [9.17, 15) is 4.79 Å². The molecule has 14 heavy (non-hydrogen) atoms. The van der Waals surface area contributed by atoms with Gasteiger partial charge in [-0.05, 0) is 19.8 Å². The van der Waals surface area contributed by atoms with Gasteiger partial charge in [0.15, 0.2) is 0 Å². The third-order valence-corrected chi connectivity index (χ3v) is 2.72. The molecule has 0 aliphatic carbocycles. The zero-order chi connectivity index (χ0) is 10.1. The van der Waals surface area contributed by atoms with Crippen molar-refractivity contribution in [3.63, 3.8) is 0 Å². The maximum absolute atomic E-state index is 10.4. The molecule has 1 aliphatic rings. The number of fused-ring (bicyclic) bond motifs is 1. The first-order valence-corrected chi connectivity index (χ1v) is 4.95. The number of imidazole rings is 1. The zero-order valence-corrected chi connectivity index (χ0v) is 8.29. The Morgan fingerprint density at radius 2 is 2.43 bits per heavy atom. The Morgan fingerprint density at radius 3 is 3.14 bits per heavy atom. The van der Waals surface area contributed by atoms with Gasteiger partial charge in [0.25, 0.3) is 0 Å². The first kappa shape index (κ1) is 9.24. The Kier molecular flexibility index (Phi) is 2.27. The van der Waals surface area contributed by atoms with Crippen LogP contribution >= 0.6 is 0 Å². The van der Waals surface area contributed by atoms with E-state index in [1.54, 1.807) is 0 Å². The van der Waals surface area contributed by atoms with E-state index >= 15 is 0 Å². The summed E-state index contributed by atoms with van der Waals surface area (Å²) >= 11 is 0. The topological polar surface area (TPSA) is 55.1 Å². The summed E-state index contributed by atoms with van der Waals surface area (Å²) in [5.74, 6) is 0.278. The molecule has 2 heterocycles. The first-order valence-electron chi connectivity index (χ1n) is 4.95. The van der Waals surface area contributed by atoms with Crippen molar-refractivity contribution < 1.29 is 9.90 Å². The highest BCUT2D eigenvalue weighted by atomic mass is 16.4. The maximum Gasteiger partial charge on any atom is 0.303 e. The maximum atomic E-state index is 10.4. The molecule has 1 aromatic rings. The van der Waals surface area contributed by atoms with E-state index in [0.29, 0.717) is 6.42 Å². The Bertz CT molecular complexity index is 368. The molecule has 4 heteroatoms. The van der Waals surface area contributed by atoms with Gasteiger partial charge in [0, 0.05) is 18.7 Å². The molecule has 2 rings (SSSR count). The zero-order valence-electron chi connectivity index (χ0n) is 8.29. The molecule has 0 bridgehead atoms. The number of aliphatic carboxylic acids is 1. The van der Waals surface area contributed by atoms with Gasteiger partial charge in [-0.3, -0.25) is 4.79 Å². The van der Waals surface area contributed by atoms with Crippen molar-refractivity contribution in [2.24, 2.45) is 0 Å². The Labute approximate surface area is 82.6 Å². The van der Waals surface area contributed by atoms with Crippen molar-refractivity contribution in [3.05, 3.63) is 17.2 Å². The summed E-state index contributed by atoms with van der Waals surface area (Å²) in [4.78, 5) is 14.8. The van der Waals surface area contributed by atoms with Crippen LogP contribution in [0.15, 0.2) is 0 Å². The molecule has 1 aliphatic heterocycles. The smallest absolute Gasteiger partial charge is 0.303 e. The van der Waals surface area contributed by atoms with Crippen molar-refractivity contribution in [3.8, 4) is 0 Å². The molecule has 0 atom stereocenters. The Balaban J connectivity index is 2.18. The molecule has 0 saturated carbocycles. The highest BCUT2D eigenvalue weighted by Crippen LogP contribution is 2.21. The minimum atomic E-state index is -0.748. The van der Waals surface area contributed by atoms with E-state index < -0.39 is 5.97 Å². The average Bonchev–Trinajstić information content (AvgIpc) is 2.67. The number of nitrogens with zero attached hydrogens (tertiary/aromatic N) is 2. The van der Waals surface area contributed by atoms with Crippen molar-refractivity contribution in [1.82, 2.24) is 9.55 Å². The lowest BCUT2D eigenvalue weighted by molar-refractivity contribution is -0.136. The lowest BCUT2D eigenvalue weighted by Gasteiger charge is -1.97. The van der Waals surface area contributed by atoms with E-state index in [1.807, 2.05) is 6.92 Å². The van der Waals surface area contributed by atoms with Gasteiger partial charge in [-0.25, -0.2) is 4.98 Å². The second kappa shape index (κ2) is 3.44. The van der Waals surface area contributed by atoms with Gasteiger partial charge < -0.3 is 9.67 Å². The fourth-order valence-electron chi connectivity index (χ4n) is 2.08. The van der Waals surface area contributed by atoms with E-state index in [-0.39, 0.29) is 6.42 Å². The van der Waals surface area contributed by atoms with E-state index in [2.05, 4.69) is 9.55 Å². The molecule has 0 amide bonds. The number of hydrogen-bond donors (Lipinski definition) is 1. The fourth-order valence-corrected chi connectivity index (χ4v) is 2.08. The number of carbonyl (C=O) groups is 1. The van der Waals surface area contributed by atoms with Crippen molar-refractivity contribution in [2.75, 3.05) is 0 Å². The Morgan fingerprint density at radius 1 is 1.64 bits per heavy atom. The van der Waals surface area contributed by atoms with Crippen LogP contribution in [0, 0.1) is 6.92 Å². The molecule has 0 spiro atoms. The van der Waals surface area contributed by atoms with Crippen LogP contribution in [0.5, 0.6) is 0 Å². The van der Waals surface area contributed by atoms with Crippen LogP contribution in [-0.2, 0) is 24.2 Å². The van der Waals surface area contributed by atoms with Gasteiger partial charge in [0.1, 0.15) is 5.82 Å². The monoisotopic (exact) mass is 194 g/mol. The van der Waals surface area contributed by atoms with Crippen LogP contribution in [-0.4, -0.2) is 20.6 Å². The normalized spacial score (nSPS) is 14.4. The molecule has 76 valence electrons. The van der Waals surface area contributed by atoms with Crippen LogP contribution in [0.2, 0.25) is 0 Å². The number of rotatable bonds is 3. The molecule has 0 radical (unpaired) electrons. The number of carboxylic acids is 1. The van der Waals surface area contributed by atoms with Gasteiger partial charge in [-0.1, -0.05) is 0 Å². The molecule has 0 aromatic carbocycles. The molecule has 0 saturated heterocycles. The third-order valence-electron chi connectivity index (χ3n) is 2.72. The standard InChI is InChI=1S/C10H14N2O2/c1-7-11-8(4-5-10(13)14)9-3-2-6-12(7)9/h2-6H2,1H3,(H,13,14). The highest BCUT2D eigenvalue weighted by Gasteiger charge is 2.19. The predicted octanol–water partition coefficient (Wildman–Crippen LogP) is 1.15. The highest BCUT2D eigenvalue weighted by molar-refractivity contribution is 5.67. The lowest BCUT2D eigenvalue weighted by Crippen LogP contribution is -2.00. The third kappa shape index (κ3) is 1.52. The summed E-state index contributed by atoms with van der Waals surface area (Å²) in [5, 5.41) is 8.60. The summed E-state index contributed by atoms with van der Waals surface area (Å²) in [7, 11) is 0. The van der Waals surface area contributed by atoms with E-state index in [0.717, 1.165) is 24.5 Å². The van der Waals surface area contributed by atoms with Gasteiger partial charge >= 0.3 is 5.97 Å². The minimum absolute atomic E-state index is 0.184. The van der Waals surface area contributed by atoms with Gasteiger partial charge in [0.05, 0.1) is 12.1 Å². The van der Waals surface area contributed by atoms with Crippen molar-refractivity contribution in [2.45, 2.75) is 39.2 Å². The summed E-state index contributed by atoms with van der Waals surface area (Å²) in [6.07, 6.45) is 2.97. The Hall–Kier alpha value is -1.32. The molecular formula is C10H14N2O2. The summed E-state index contributed by atoms with van der Waals surface area (Å²) < 4.78 is 2.21. The van der Waals surface area contributed by atoms with Gasteiger partial charge in [-0.15, -0.1) is 0 Å². The summed E-state index contributed by atoms with van der Waals surface area (Å²) in [6.45, 7) is 3.03. The van der Waals surface area contributed by atoms with E-state index in [1.165, 1.54) is 12.1 Å². The molecule has 0 unspecified atom stereocenters. The van der Waals surface area contributed by atoms with E-state index in [4.69, 9.17) is 5.11 Å². The van der Waals surface area contributed by atoms with Crippen LogP contribution in [0.1, 0.15) is 30.1 Å². The van der Waals surface area contributed by atoms with Crippen LogP contribution < -0.4 is 0 Å². The molecule has 4 nitrogen and oxygen atoms in total. The van der Waals surface area contributed by atoms with Gasteiger partial charge in [-0.2, -0.15) is 0 Å². The predicted molar refractivity (Wildman–Crippen MR) is 51.2 cm³/mol. The molecule has 1 aromatic heterocycles. The quantitative estimate of drug-likeness (QED) is 0.785. The first-order chi connectivity index (χ1) is 6.68. The summed E-state index contributed by atoms with van der Waals surface area (Å²) in [5.41, 5.74) is 2.24. The SMILES string of the molecule is Cc1nc(CCC(=O)O)c2n1CCC2. The molecular weight excluding hydrogens is 180 g/mol. The fraction of sp³-hybridized carbons (Fsp3) is 0.600. The average molecular weight is 194 g/mol. The molecule has 0 fully saturated rings. The van der Waals surface area contributed by atoms with Gasteiger partial charge in [0.2, 0.25) is 0 Å². The lowest BCUT2D eigenvalue weighted by atomic mass is 10.1. The van der Waals surface area contributed by atoms with Crippen LogP contribution in [0.3, 0.4) is 0 Å². The van der Waals surface area contributed by atoms with Crippen LogP contribution in [0.4, 0.5) is 0 Å². The van der Waals surface area contributed by atoms with Crippen molar-refractivity contribution >= 4 is 5.97 Å². The van der Waals surface area contributed by atoms with Crippen molar-refractivity contribution in [1.29, 1.82) is 0 Å². The van der Waals surface area contributed by atoms with Crippen LogP contribution in [0.25, 0.3) is 0 Å². The number of aryl methyl sites for hydroxylation is 2. The largest absolute Gasteiger partial charge is 0.481 e.